The Morgan fingerprint density at radius 1 is 0.938 bits per heavy atom. The highest BCUT2D eigenvalue weighted by Gasteiger charge is 2.10. The smallest absolute Gasteiger partial charge is 0.161 e. The van der Waals surface area contributed by atoms with E-state index >= 15 is 0 Å². The Labute approximate surface area is 94.2 Å². The fraction of sp³-hybridized carbons (Fsp3) is 0.333. The van der Waals surface area contributed by atoms with E-state index in [9.17, 15) is 9.59 Å². The Bertz CT molecular complexity index is 348. The Balaban J connectivity index is 3.22. The van der Waals surface area contributed by atoms with Crippen LogP contribution in [0, 0.1) is 0 Å². The van der Waals surface area contributed by atoms with E-state index in [1.807, 2.05) is 13.8 Å². The highest BCUT2D eigenvalue weighted by atomic mass is 16.5. The molecule has 0 aromatic heterocycles. The standard InChI is InChI=1S/C12H14O4/c1-3-15-11-5-9(7-13)10(8-14)6-12(11)16-4-2/h5-8H,3-4H2,1-2H3. The lowest BCUT2D eigenvalue weighted by Gasteiger charge is -2.12. The third-order valence-electron chi connectivity index (χ3n) is 2.00. The third kappa shape index (κ3) is 2.59. The SMILES string of the molecule is CCOc1cc(C=O)c(C=O)cc1OCC. The molecule has 0 heterocycles. The van der Waals surface area contributed by atoms with Crippen LogP contribution in [-0.2, 0) is 0 Å². The summed E-state index contributed by atoms with van der Waals surface area (Å²) < 4.78 is 10.7. The van der Waals surface area contributed by atoms with Crippen molar-refractivity contribution in [1.29, 1.82) is 0 Å². The fourth-order valence-electron chi connectivity index (χ4n) is 1.33. The minimum absolute atomic E-state index is 0.307. The molecule has 0 saturated carbocycles. The summed E-state index contributed by atoms with van der Waals surface area (Å²) in [6, 6.07) is 3.04. The normalized spacial score (nSPS) is 9.62. The van der Waals surface area contributed by atoms with E-state index in [1.165, 1.54) is 12.1 Å². The van der Waals surface area contributed by atoms with Crippen LogP contribution in [-0.4, -0.2) is 25.8 Å². The van der Waals surface area contributed by atoms with Crippen molar-refractivity contribution in [3.8, 4) is 11.5 Å². The Hall–Kier alpha value is -1.84. The van der Waals surface area contributed by atoms with Gasteiger partial charge in [-0.1, -0.05) is 0 Å². The predicted octanol–water partition coefficient (Wildman–Crippen LogP) is 2.11. The van der Waals surface area contributed by atoms with Crippen LogP contribution >= 0.6 is 0 Å². The van der Waals surface area contributed by atoms with Gasteiger partial charge in [0.15, 0.2) is 24.1 Å². The van der Waals surface area contributed by atoms with E-state index in [0.717, 1.165) is 0 Å². The van der Waals surface area contributed by atoms with Crippen molar-refractivity contribution in [3.05, 3.63) is 23.3 Å². The quantitative estimate of drug-likeness (QED) is 0.692. The third-order valence-corrected chi connectivity index (χ3v) is 2.00. The van der Waals surface area contributed by atoms with Crippen molar-refractivity contribution in [2.75, 3.05) is 13.2 Å². The first-order valence-corrected chi connectivity index (χ1v) is 5.10. The van der Waals surface area contributed by atoms with Crippen LogP contribution in [0.3, 0.4) is 0 Å². The zero-order chi connectivity index (χ0) is 12.0. The van der Waals surface area contributed by atoms with Gasteiger partial charge in [0.1, 0.15) is 0 Å². The van der Waals surface area contributed by atoms with Crippen LogP contribution < -0.4 is 9.47 Å². The summed E-state index contributed by atoms with van der Waals surface area (Å²) >= 11 is 0. The summed E-state index contributed by atoms with van der Waals surface area (Å²) in [7, 11) is 0. The number of rotatable bonds is 6. The first-order chi connectivity index (χ1) is 7.76. The minimum Gasteiger partial charge on any atom is -0.490 e. The van der Waals surface area contributed by atoms with Crippen LogP contribution in [0.5, 0.6) is 11.5 Å². The lowest BCUT2D eigenvalue weighted by atomic mass is 10.1. The van der Waals surface area contributed by atoms with Gasteiger partial charge >= 0.3 is 0 Å². The molecule has 4 heteroatoms. The van der Waals surface area contributed by atoms with Gasteiger partial charge in [-0.15, -0.1) is 0 Å². The van der Waals surface area contributed by atoms with Crippen LogP contribution in [0.1, 0.15) is 34.6 Å². The summed E-state index contributed by atoms with van der Waals surface area (Å²) in [6.45, 7) is 4.62. The molecule has 86 valence electrons. The summed E-state index contributed by atoms with van der Waals surface area (Å²) in [5.74, 6) is 0.967. The molecule has 1 aromatic carbocycles. The van der Waals surface area contributed by atoms with Crippen LogP contribution in [0.15, 0.2) is 12.1 Å². The van der Waals surface area contributed by atoms with Crippen molar-refractivity contribution in [3.63, 3.8) is 0 Å². The summed E-state index contributed by atoms with van der Waals surface area (Å²) in [5, 5.41) is 0. The molecule has 0 bridgehead atoms. The van der Waals surface area contributed by atoms with E-state index < -0.39 is 0 Å². The van der Waals surface area contributed by atoms with Gasteiger partial charge in [-0.3, -0.25) is 9.59 Å². The molecule has 0 spiro atoms. The number of ether oxygens (including phenoxy) is 2. The maximum absolute atomic E-state index is 10.8. The molecule has 1 rings (SSSR count). The number of hydrogen-bond acceptors (Lipinski definition) is 4. The molecule has 0 aliphatic rings. The molecular formula is C12H14O4. The second-order valence-corrected chi connectivity index (χ2v) is 3.03. The van der Waals surface area contributed by atoms with E-state index in [-0.39, 0.29) is 0 Å². The maximum Gasteiger partial charge on any atom is 0.161 e. The van der Waals surface area contributed by atoms with Crippen LogP contribution in [0.4, 0.5) is 0 Å². The monoisotopic (exact) mass is 222 g/mol. The van der Waals surface area contributed by atoms with Gasteiger partial charge in [-0.05, 0) is 26.0 Å². The molecule has 4 nitrogen and oxygen atoms in total. The Morgan fingerprint density at radius 3 is 1.56 bits per heavy atom. The average Bonchev–Trinajstić information content (AvgIpc) is 2.31. The zero-order valence-electron chi connectivity index (χ0n) is 9.36. The van der Waals surface area contributed by atoms with Gasteiger partial charge in [-0.2, -0.15) is 0 Å². The molecule has 0 atom stereocenters. The molecule has 16 heavy (non-hydrogen) atoms. The molecule has 0 amide bonds. The molecule has 0 fully saturated rings. The van der Waals surface area contributed by atoms with Gasteiger partial charge < -0.3 is 9.47 Å². The first kappa shape index (κ1) is 12.2. The molecule has 0 radical (unpaired) electrons. The lowest BCUT2D eigenvalue weighted by Crippen LogP contribution is -2.01. The van der Waals surface area contributed by atoms with Crippen molar-refractivity contribution >= 4 is 12.6 Å². The molecule has 0 saturated heterocycles. The molecule has 1 aromatic rings. The lowest BCUT2D eigenvalue weighted by molar-refractivity contribution is 0.109. The molecular weight excluding hydrogens is 208 g/mol. The Morgan fingerprint density at radius 2 is 1.31 bits per heavy atom. The minimum atomic E-state index is 0.307. The first-order valence-electron chi connectivity index (χ1n) is 5.10. The van der Waals surface area contributed by atoms with Crippen LogP contribution in [0.2, 0.25) is 0 Å². The van der Waals surface area contributed by atoms with E-state index in [4.69, 9.17) is 9.47 Å². The number of hydrogen-bond donors (Lipinski definition) is 0. The second kappa shape index (κ2) is 5.90. The van der Waals surface area contributed by atoms with Crippen molar-refractivity contribution in [2.45, 2.75) is 13.8 Å². The van der Waals surface area contributed by atoms with Gasteiger partial charge in [0.25, 0.3) is 0 Å². The Kier molecular flexibility index (Phi) is 4.51. The van der Waals surface area contributed by atoms with Gasteiger partial charge in [-0.25, -0.2) is 0 Å². The van der Waals surface area contributed by atoms with Crippen LogP contribution in [0.25, 0.3) is 0 Å². The number of carbonyl (C=O) groups is 2. The van der Waals surface area contributed by atoms with E-state index in [1.54, 1.807) is 0 Å². The summed E-state index contributed by atoms with van der Waals surface area (Å²) in [6.07, 6.45) is 1.25. The van der Waals surface area contributed by atoms with Crippen molar-refractivity contribution in [1.82, 2.24) is 0 Å². The largest absolute Gasteiger partial charge is 0.490 e. The maximum atomic E-state index is 10.8. The topological polar surface area (TPSA) is 52.6 Å². The molecule has 0 N–H and O–H groups in total. The highest BCUT2D eigenvalue weighted by Crippen LogP contribution is 2.30. The zero-order valence-corrected chi connectivity index (χ0v) is 9.36. The summed E-state index contributed by atoms with van der Waals surface area (Å²) in [4.78, 5) is 21.5. The predicted molar refractivity (Wildman–Crippen MR) is 59.6 cm³/mol. The molecule has 0 aliphatic heterocycles. The van der Waals surface area contributed by atoms with Gasteiger partial charge in [0.05, 0.1) is 13.2 Å². The van der Waals surface area contributed by atoms with Gasteiger partial charge in [0, 0.05) is 11.1 Å². The number of carbonyl (C=O) groups excluding carboxylic acids is 2. The van der Waals surface area contributed by atoms with Crippen molar-refractivity contribution in [2.24, 2.45) is 0 Å². The molecule has 0 unspecified atom stereocenters. The van der Waals surface area contributed by atoms with E-state index in [2.05, 4.69) is 0 Å². The number of benzene rings is 1. The number of aldehydes is 2. The average molecular weight is 222 g/mol. The summed E-state index contributed by atoms with van der Waals surface area (Å²) in [5.41, 5.74) is 0.615. The second-order valence-electron chi connectivity index (χ2n) is 3.03. The van der Waals surface area contributed by atoms with Crippen molar-refractivity contribution < 1.29 is 19.1 Å². The fourth-order valence-corrected chi connectivity index (χ4v) is 1.33. The highest BCUT2D eigenvalue weighted by molar-refractivity contribution is 5.91. The molecule has 0 aliphatic carbocycles. The van der Waals surface area contributed by atoms with E-state index in [0.29, 0.717) is 48.4 Å². The van der Waals surface area contributed by atoms with Gasteiger partial charge in [0.2, 0.25) is 0 Å².